The first-order valence-corrected chi connectivity index (χ1v) is 6.42. The lowest BCUT2D eigenvalue weighted by atomic mass is 10.1. The standard InChI is InChI=1S/C12H24F3N3/c1-11(2,3)16-4-5-17-6-8-18(9-7-17)10-12(13,14)15/h16H,4-10H2,1-3H3. The van der Waals surface area contributed by atoms with Crippen LogP contribution in [-0.2, 0) is 0 Å². The van der Waals surface area contributed by atoms with E-state index < -0.39 is 12.7 Å². The van der Waals surface area contributed by atoms with E-state index in [0.717, 1.165) is 26.2 Å². The van der Waals surface area contributed by atoms with Gasteiger partial charge in [-0.15, -0.1) is 0 Å². The molecule has 18 heavy (non-hydrogen) atoms. The summed E-state index contributed by atoms with van der Waals surface area (Å²) in [6, 6.07) is 0. The molecule has 0 aromatic rings. The zero-order valence-corrected chi connectivity index (χ0v) is 11.5. The Balaban J connectivity index is 2.16. The zero-order chi connectivity index (χ0) is 13.8. The predicted molar refractivity (Wildman–Crippen MR) is 66.7 cm³/mol. The van der Waals surface area contributed by atoms with Crippen molar-refractivity contribution in [3.8, 4) is 0 Å². The van der Waals surface area contributed by atoms with E-state index in [9.17, 15) is 13.2 Å². The van der Waals surface area contributed by atoms with Crippen LogP contribution in [0.15, 0.2) is 0 Å². The van der Waals surface area contributed by atoms with Gasteiger partial charge < -0.3 is 5.32 Å². The molecule has 3 nitrogen and oxygen atoms in total. The van der Waals surface area contributed by atoms with Crippen LogP contribution in [0.1, 0.15) is 20.8 Å². The Hall–Kier alpha value is -0.330. The molecule has 0 amide bonds. The molecule has 0 bridgehead atoms. The fraction of sp³-hybridized carbons (Fsp3) is 1.00. The fourth-order valence-corrected chi connectivity index (χ4v) is 2.01. The fourth-order valence-electron chi connectivity index (χ4n) is 2.01. The van der Waals surface area contributed by atoms with Gasteiger partial charge in [-0.3, -0.25) is 9.80 Å². The van der Waals surface area contributed by atoms with Crippen molar-refractivity contribution >= 4 is 0 Å². The molecule has 1 fully saturated rings. The highest BCUT2D eigenvalue weighted by molar-refractivity contribution is 4.76. The largest absolute Gasteiger partial charge is 0.401 e. The number of alkyl halides is 3. The van der Waals surface area contributed by atoms with E-state index in [0.29, 0.717) is 13.1 Å². The van der Waals surface area contributed by atoms with Crippen LogP contribution in [0.25, 0.3) is 0 Å². The molecule has 0 spiro atoms. The minimum absolute atomic E-state index is 0.0953. The molecule has 1 saturated heterocycles. The third kappa shape index (κ3) is 7.18. The van der Waals surface area contributed by atoms with E-state index in [1.165, 1.54) is 4.90 Å². The highest BCUT2D eigenvalue weighted by Crippen LogP contribution is 2.17. The summed E-state index contributed by atoms with van der Waals surface area (Å²) >= 11 is 0. The number of hydrogen-bond donors (Lipinski definition) is 1. The maximum atomic E-state index is 12.2. The van der Waals surface area contributed by atoms with Crippen molar-refractivity contribution in [2.45, 2.75) is 32.5 Å². The van der Waals surface area contributed by atoms with Gasteiger partial charge in [-0.25, -0.2) is 0 Å². The van der Waals surface area contributed by atoms with Crippen LogP contribution in [-0.4, -0.2) is 67.3 Å². The SMILES string of the molecule is CC(C)(C)NCCN1CCN(CC(F)(F)F)CC1. The predicted octanol–water partition coefficient (Wildman–Crippen LogP) is 1.55. The van der Waals surface area contributed by atoms with E-state index in [1.807, 2.05) is 0 Å². The van der Waals surface area contributed by atoms with Crippen molar-refractivity contribution < 1.29 is 13.2 Å². The number of halogens is 3. The van der Waals surface area contributed by atoms with E-state index >= 15 is 0 Å². The van der Waals surface area contributed by atoms with Crippen LogP contribution in [0.2, 0.25) is 0 Å². The third-order valence-corrected chi connectivity index (χ3v) is 2.95. The Morgan fingerprint density at radius 3 is 1.89 bits per heavy atom. The summed E-state index contributed by atoms with van der Waals surface area (Å²) in [5.74, 6) is 0. The van der Waals surface area contributed by atoms with Crippen LogP contribution in [0.5, 0.6) is 0 Å². The summed E-state index contributed by atoms with van der Waals surface area (Å²) in [5, 5.41) is 3.38. The van der Waals surface area contributed by atoms with Crippen molar-refractivity contribution in [3.05, 3.63) is 0 Å². The Kier molecular flexibility index (Phi) is 5.43. The minimum atomic E-state index is -4.07. The lowest BCUT2D eigenvalue weighted by Crippen LogP contribution is -2.51. The van der Waals surface area contributed by atoms with Gasteiger partial charge in [0.2, 0.25) is 0 Å². The molecule has 0 radical (unpaired) electrons. The van der Waals surface area contributed by atoms with E-state index in [4.69, 9.17) is 0 Å². The van der Waals surface area contributed by atoms with Crippen LogP contribution in [0, 0.1) is 0 Å². The third-order valence-electron chi connectivity index (χ3n) is 2.95. The van der Waals surface area contributed by atoms with Gasteiger partial charge in [0.15, 0.2) is 0 Å². The zero-order valence-electron chi connectivity index (χ0n) is 11.5. The normalized spacial score (nSPS) is 20.3. The maximum absolute atomic E-state index is 12.2. The van der Waals surface area contributed by atoms with Gasteiger partial charge >= 0.3 is 6.18 Å². The van der Waals surface area contributed by atoms with Crippen LogP contribution < -0.4 is 5.32 Å². The Bertz CT molecular complexity index is 240. The van der Waals surface area contributed by atoms with E-state index in [2.05, 4.69) is 31.0 Å². The average molecular weight is 267 g/mol. The molecule has 108 valence electrons. The van der Waals surface area contributed by atoms with Crippen LogP contribution in [0.3, 0.4) is 0 Å². The number of hydrogen-bond acceptors (Lipinski definition) is 3. The lowest BCUT2D eigenvalue weighted by Gasteiger charge is -2.35. The second-order valence-corrected chi connectivity index (χ2v) is 5.91. The summed E-state index contributed by atoms with van der Waals surface area (Å²) < 4.78 is 36.6. The summed E-state index contributed by atoms with van der Waals surface area (Å²) in [4.78, 5) is 3.69. The van der Waals surface area contributed by atoms with E-state index in [-0.39, 0.29) is 5.54 Å². The smallest absolute Gasteiger partial charge is 0.311 e. The molecule has 1 rings (SSSR count). The quantitative estimate of drug-likeness (QED) is 0.834. The maximum Gasteiger partial charge on any atom is 0.401 e. The number of nitrogens with zero attached hydrogens (tertiary/aromatic N) is 2. The van der Waals surface area contributed by atoms with E-state index in [1.54, 1.807) is 0 Å². The average Bonchev–Trinajstić information content (AvgIpc) is 2.16. The van der Waals surface area contributed by atoms with Crippen molar-refractivity contribution in [2.24, 2.45) is 0 Å². The minimum Gasteiger partial charge on any atom is -0.311 e. The van der Waals surface area contributed by atoms with Crippen molar-refractivity contribution in [1.82, 2.24) is 15.1 Å². The summed E-state index contributed by atoms with van der Waals surface area (Å²) in [6.45, 7) is 9.78. The molecule has 0 atom stereocenters. The molecule has 1 heterocycles. The van der Waals surface area contributed by atoms with Crippen molar-refractivity contribution in [3.63, 3.8) is 0 Å². The van der Waals surface area contributed by atoms with Crippen molar-refractivity contribution in [1.29, 1.82) is 0 Å². The van der Waals surface area contributed by atoms with Crippen LogP contribution >= 0.6 is 0 Å². The van der Waals surface area contributed by atoms with Gasteiger partial charge in [0.1, 0.15) is 0 Å². The molecule has 0 aromatic carbocycles. The number of piperazine rings is 1. The van der Waals surface area contributed by atoms with Crippen molar-refractivity contribution in [2.75, 3.05) is 45.8 Å². The molecular formula is C12H24F3N3. The van der Waals surface area contributed by atoms with Gasteiger partial charge in [0, 0.05) is 44.8 Å². The first-order valence-electron chi connectivity index (χ1n) is 6.42. The van der Waals surface area contributed by atoms with Gasteiger partial charge in [0.25, 0.3) is 0 Å². The monoisotopic (exact) mass is 267 g/mol. The van der Waals surface area contributed by atoms with Crippen LogP contribution in [0.4, 0.5) is 13.2 Å². The van der Waals surface area contributed by atoms with Gasteiger partial charge in [-0.05, 0) is 20.8 Å². The van der Waals surface area contributed by atoms with Gasteiger partial charge in [-0.1, -0.05) is 0 Å². The summed E-state index contributed by atoms with van der Waals surface area (Å²) in [6.07, 6.45) is -4.07. The molecular weight excluding hydrogens is 243 g/mol. The highest BCUT2D eigenvalue weighted by Gasteiger charge is 2.31. The first-order chi connectivity index (χ1) is 8.16. The number of rotatable bonds is 4. The second kappa shape index (κ2) is 6.21. The molecule has 6 heteroatoms. The summed E-state index contributed by atoms with van der Waals surface area (Å²) in [7, 11) is 0. The molecule has 1 aliphatic rings. The lowest BCUT2D eigenvalue weighted by molar-refractivity contribution is -0.149. The molecule has 1 aliphatic heterocycles. The Labute approximate surface area is 107 Å². The Morgan fingerprint density at radius 1 is 0.944 bits per heavy atom. The Morgan fingerprint density at radius 2 is 1.44 bits per heavy atom. The topological polar surface area (TPSA) is 18.5 Å². The molecule has 1 N–H and O–H groups in total. The molecule has 0 aromatic heterocycles. The van der Waals surface area contributed by atoms with Gasteiger partial charge in [0.05, 0.1) is 6.54 Å². The van der Waals surface area contributed by atoms with Gasteiger partial charge in [-0.2, -0.15) is 13.2 Å². The first kappa shape index (κ1) is 15.7. The molecule has 0 saturated carbocycles. The molecule has 0 unspecified atom stereocenters. The molecule has 0 aliphatic carbocycles. The summed E-state index contributed by atoms with van der Waals surface area (Å²) in [5.41, 5.74) is 0.0953. The number of nitrogens with one attached hydrogen (secondary N) is 1. The second-order valence-electron chi connectivity index (χ2n) is 5.91. The highest BCUT2D eigenvalue weighted by atomic mass is 19.4.